The third-order valence-corrected chi connectivity index (χ3v) is 3.97. The van der Waals surface area contributed by atoms with Crippen LogP contribution in [0, 0.1) is 5.41 Å². The van der Waals surface area contributed by atoms with Gasteiger partial charge in [-0.15, -0.1) is 0 Å². The summed E-state index contributed by atoms with van der Waals surface area (Å²) in [7, 11) is 0. The lowest BCUT2D eigenvalue weighted by molar-refractivity contribution is -0.185. The molecule has 1 saturated carbocycles. The lowest BCUT2D eigenvalue weighted by Gasteiger charge is -2.42. The number of carboxylic acids is 1. The number of hydrogen-bond acceptors (Lipinski definition) is 2. The van der Waals surface area contributed by atoms with Gasteiger partial charge in [-0.1, -0.05) is 18.1 Å². The minimum absolute atomic E-state index is 0.0702. The Morgan fingerprint density at radius 2 is 1.95 bits per heavy atom. The van der Waals surface area contributed by atoms with Crippen molar-refractivity contribution in [2.75, 3.05) is 13.1 Å². The number of rotatable bonds is 2. The van der Waals surface area contributed by atoms with E-state index in [0.29, 0.717) is 23.3 Å². The smallest absolute Gasteiger partial charge is 0.471 e. The predicted octanol–water partition coefficient (Wildman–Crippen LogP) is 1.96. The molecule has 7 heteroatoms. The number of aliphatic carboxylic acids is 1. The Hall–Kier alpha value is -1.53. The fourth-order valence-electron chi connectivity index (χ4n) is 2.67. The van der Waals surface area contributed by atoms with E-state index in [1.54, 1.807) is 0 Å². The van der Waals surface area contributed by atoms with Gasteiger partial charge in [0.1, 0.15) is 0 Å². The second-order valence-corrected chi connectivity index (χ2v) is 4.97. The van der Waals surface area contributed by atoms with E-state index in [-0.39, 0.29) is 19.5 Å². The van der Waals surface area contributed by atoms with Crippen LogP contribution in [0.4, 0.5) is 13.2 Å². The molecule has 1 aliphatic carbocycles. The van der Waals surface area contributed by atoms with Gasteiger partial charge in [0.2, 0.25) is 0 Å². The minimum Gasteiger partial charge on any atom is -0.481 e. The molecule has 1 amide bonds. The number of halogens is 3. The summed E-state index contributed by atoms with van der Waals surface area (Å²) < 4.78 is 36.8. The lowest BCUT2D eigenvalue weighted by Crippen LogP contribution is -2.47. The van der Waals surface area contributed by atoms with E-state index >= 15 is 0 Å². The number of alkyl halides is 3. The Bertz CT molecular complexity index is 438. The standard InChI is InChI=1S/C12H14F3NO3/c13-12(14,15)9(17)16-6-2-8(3-7-16)11(10(18)19)4-1-5-11/h2H,1,3-7H2,(H,18,19). The first-order chi connectivity index (χ1) is 8.77. The molecule has 0 aromatic heterocycles. The molecule has 1 fully saturated rings. The van der Waals surface area contributed by atoms with Crippen LogP contribution in [0.1, 0.15) is 25.7 Å². The maximum Gasteiger partial charge on any atom is 0.471 e. The van der Waals surface area contributed by atoms with E-state index in [1.807, 2.05) is 0 Å². The summed E-state index contributed by atoms with van der Waals surface area (Å²) in [5.41, 5.74) is -0.231. The van der Waals surface area contributed by atoms with E-state index in [0.717, 1.165) is 6.42 Å². The first kappa shape index (κ1) is 13.9. The Balaban J connectivity index is 2.08. The summed E-state index contributed by atoms with van der Waals surface area (Å²) in [4.78, 5) is 23.0. The molecular formula is C12H14F3NO3. The van der Waals surface area contributed by atoms with Crippen LogP contribution in [-0.4, -0.2) is 41.1 Å². The minimum atomic E-state index is -4.87. The van der Waals surface area contributed by atoms with Crippen molar-refractivity contribution >= 4 is 11.9 Å². The van der Waals surface area contributed by atoms with E-state index in [4.69, 9.17) is 0 Å². The topological polar surface area (TPSA) is 57.6 Å². The van der Waals surface area contributed by atoms with Gasteiger partial charge in [-0.05, 0) is 19.3 Å². The summed E-state index contributed by atoms with van der Waals surface area (Å²) >= 11 is 0. The Morgan fingerprint density at radius 3 is 2.26 bits per heavy atom. The molecule has 2 rings (SSSR count). The molecule has 0 saturated heterocycles. The molecule has 4 nitrogen and oxygen atoms in total. The summed E-state index contributed by atoms with van der Waals surface area (Å²) in [6.07, 6.45) is -1.32. The molecule has 0 spiro atoms. The highest BCUT2D eigenvalue weighted by molar-refractivity contribution is 5.83. The largest absolute Gasteiger partial charge is 0.481 e. The van der Waals surface area contributed by atoms with Crippen molar-refractivity contribution in [1.82, 2.24) is 4.90 Å². The molecule has 2 aliphatic rings. The molecule has 0 aromatic rings. The zero-order valence-electron chi connectivity index (χ0n) is 10.2. The average molecular weight is 277 g/mol. The summed E-state index contributed by atoms with van der Waals surface area (Å²) in [5, 5.41) is 9.24. The number of nitrogens with zero attached hydrogens (tertiary/aromatic N) is 1. The van der Waals surface area contributed by atoms with Crippen molar-refractivity contribution in [3.05, 3.63) is 11.6 Å². The molecule has 0 atom stereocenters. The van der Waals surface area contributed by atoms with Crippen molar-refractivity contribution in [1.29, 1.82) is 0 Å². The molecule has 1 aliphatic heterocycles. The molecule has 1 N–H and O–H groups in total. The number of carbonyl (C=O) groups is 2. The van der Waals surface area contributed by atoms with Gasteiger partial charge in [0.05, 0.1) is 5.41 Å². The average Bonchev–Trinajstić information content (AvgIpc) is 2.25. The number of hydrogen-bond donors (Lipinski definition) is 1. The highest BCUT2D eigenvalue weighted by atomic mass is 19.4. The van der Waals surface area contributed by atoms with Crippen molar-refractivity contribution in [2.24, 2.45) is 5.41 Å². The van der Waals surface area contributed by atoms with Gasteiger partial charge in [-0.3, -0.25) is 9.59 Å². The zero-order chi connectivity index (χ0) is 14.3. The molecule has 0 bridgehead atoms. The third kappa shape index (κ3) is 2.33. The molecular weight excluding hydrogens is 263 g/mol. The second-order valence-electron chi connectivity index (χ2n) is 4.97. The highest BCUT2D eigenvalue weighted by Gasteiger charge is 2.49. The van der Waals surface area contributed by atoms with E-state index < -0.39 is 23.5 Å². The predicted molar refractivity (Wildman–Crippen MR) is 59.3 cm³/mol. The van der Waals surface area contributed by atoms with Gasteiger partial charge in [-0.2, -0.15) is 13.2 Å². The Labute approximate surface area is 107 Å². The van der Waals surface area contributed by atoms with Crippen LogP contribution in [0.5, 0.6) is 0 Å². The third-order valence-electron chi connectivity index (χ3n) is 3.97. The van der Waals surface area contributed by atoms with E-state index in [9.17, 15) is 27.9 Å². The summed E-state index contributed by atoms with van der Waals surface area (Å²) in [6, 6.07) is 0. The van der Waals surface area contributed by atoms with Gasteiger partial charge in [0.25, 0.3) is 0 Å². The SMILES string of the molecule is O=C(N1CC=C(C2(C(=O)O)CCC2)CC1)C(F)(F)F. The monoisotopic (exact) mass is 277 g/mol. The van der Waals surface area contributed by atoms with Crippen molar-refractivity contribution in [2.45, 2.75) is 31.9 Å². The van der Waals surface area contributed by atoms with Crippen LogP contribution < -0.4 is 0 Å². The van der Waals surface area contributed by atoms with Crippen LogP contribution in [0.15, 0.2) is 11.6 Å². The van der Waals surface area contributed by atoms with Crippen LogP contribution in [0.3, 0.4) is 0 Å². The highest BCUT2D eigenvalue weighted by Crippen LogP contribution is 2.49. The van der Waals surface area contributed by atoms with E-state index in [1.165, 1.54) is 6.08 Å². The first-order valence-electron chi connectivity index (χ1n) is 6.06. The van der Waals surface area contributed by atoms with Crippen molar-refractivity contribution in [3.8, 4) is 0 Å². The number of amides is 1. The fraction of sp³-hybridized carbons (Fsp3) is 0.667. The first-order valence-corrected chi connectivity index (χ1v) is 6.06. The van der Waals surface area contributed by atoms with Crippen molar-refractivity contribution < 1.29 is 27.9 Å². The van der Waals surface area contributed by atoms with Crippen LogP contribution in [-0.2, 0) is 9.59 Å². The molecule has 0 aromatic carbocycles. The molecule has 1 heterocycles. The van der Waals surface area contributed by atoms with Crippen LogP contribution in [0.2, 0.25) is 0 Å². The van der Waals surface area contributed by atoms with Crippen LogP contribution >= 0.6 is 0 Å². The fourth-order valence-corrected chi connectivity index (χ4v) is 2.67. The van der Waals surface area contributed by atoms with Gasteiger partial charge in [-0.25, -0.2) is 0 Å². The summed E-state index contributed by atoms with van der Waals surface area (Å²) in [5.74, 6) is -2.78. The molecule has 0 radical (unpaired) electrons. The molecule has 106 valence electrons. The summed E-state index contributed by atoms with van der Waals surface area (Å²) in [6.45, 7) is -0.234. The van der Waals surface area contributed by atoms with Gasteiger partial charge >= 0.3 is 18.1 Å². The molecule has 19 heavy (non-hydrogen) atoms. The zero-order valence-corrected chi connectivity index (χ0v) is 10.2. The lowest BCUT2D eigenvalue weighted by atomic mass is 9.62. The maximum atomic E-state index is 12.3. The second kappa shape index (κ2) is 4.54. The Kier molecular flexibility index (Phi) is 3.32. The normalized spacial score (nSPS) is 22.5. The number of carboxylic acid groups (broad SMARTS) is 1. The Morgan fingerprint density at radius 1 is 1.32 bits per heavy atom. The van der Waals surface area contributed by atoms with Crippen LogP contribution in [0.25, 0.3) is 0 Å². The maximum absolute atomic E-state index is 12.3. The van der Waals surface area contributed by atoms with Gasteiger partial charge < -0.3 is 10.0 Å². The molecule has 0 unspecified atom stereocenters. The quantitative estimate of drug-likeness (QED) is 0.785. The van der Waals surface area contributed by atoms with Gasteiger partial charge in [0, 0.05) is 13.1 Å². The van der Waals surface area contributed by atoms with Gasteiger partial charge in [0.15, 0.2) is 0 Å². The van der Waals surface area contributed by atoms with Crippen molar-refractivity contribution in [3.63, 3.8) is 0 Å². The number of carbonyl (C=O) groups excluding carboxylic acids is 1. The van der Waals surface area contributed by atoms with E-state index in [2.05, 4.69) is 0 Å².